The number of nitrogens with one attached hydrogen (secondary N) is 2. The van der Waals surface area contributed by atoms with Crippen molar-refractivity contribution in [2.45, 2.75) is 23.5 Å². The largest absolute Gasteiger partial charge is 0.386 e. The molecule has 0 saturated heterocycles. The highest BCUT2D eigenvalue weighted by molar-refractivity contribution is 6.53. The van der Waals surface area contributed by atoms with E-state index in [1.54, 1.807) is 36.5 Å². The summed E-state index contributed by atoms with van der Waals surface area (Å²) in [6.45, 7) is -0.761. The third-order valence-corrected chi connectivity index (χ3v) is 4.32. The molecule has 1 aromatic heterocycles. The number of urea groups is 1. The van der Waals surface area contributed by atoms with Crippen LogP contribution in [0.1, 0.15) is 17.4 Å². The van der Waals surface area contributed by atoms with E-state index in [1.165, 1.54) is 0 Å². The smallest absolute Gasteiger partial charge is 0.312 e. The Hall–Kier alpha value is -2.42. The van der Waals surface area contributed by atoms with E-state index in [0.29, 0.717) is 11.3 Å². The lowest BCUT2D eigenvalue weighted by atomic mass is 9.99. The first-order chi connectivity index (χ1) is 13.3. The fraction of sp³-hybridized carbons (Fsp3) is 0.278. The Morgan fingerprint density at radius 1 is 1.14 bits per heavy atom. The second-order valence-electron chi connectivity index (χ2n) is 5.89. The fourth-order valence-corrected chi connectivity index (χ4v) is 2.56. The van der Waals surface area contributed by atoms with E-state index in [9.17, 15) is 19.1 Å². The summed E-state index contributed by atoms with van der Waals surface area (Å²) >= 11 is 10.9. The maximum atomic E-state index is 13.2. The molecule has 0 aliphatic rings. The van der Waals surface area contributed by atoms with Crippen LogP contribution >= 0.6 is 23.2 Å². The fourth-order valence-electron chi connectivity index (χ4n) is 2.43. The summed E-state index contributed by atoms with van der Waals surface area (Å²) in [4.78, 5) is 25.1. The number of nitrogens with two attached hydrogens (primary N) is 1. The summed E-state index contributed by atoms with van der Waals surface area (Å²) < 4.78 is 13.2. The minimum atomic E-state index is -1.35. The van der Waals surface area contributed by atoms with E-state index in [1.807, 2.05) is 6.07 Å². The molecule has 0 bridgehead atoms. The number of aliphatic hydroxyl groups excluding tert-OH is 1. The first-order valence-electron chi connectivity index (χ1n) is 8.23. The molecule has 2 aromatic rings. The molecule has 2 rings (SSSR count). The number of halogens is 3. The highest BCUT2D eigenvalue weighted by Crippen LogP contribution is 2.24. The van der Waals surface area contributed by atoms with Gasteiger partial charge in [0, 0.05) is 11.8 Å². The van der Waals surface area contributed by atoms with Crippen LogP contribution in [-0.2, 0) is 11.3 Å². The Labute approximate surface area is 171 Å². The summed E-state index contributed by atoms with van der Waals surface area (Å²) in [5.41, 5.74) is 7.71. The van der Waals surface area contributed by atoms with Gasteiger partial charge in [-0.1, -0.05) is 53.5 Å². The van der Waals surface area contributed by atoms with Gasteiger partial charge in [-0.15, -0.1) is 0 Å². The molecule has 0 aliphatic heterocycles. The quantitative estimate of drug-likeness (QED) is 0.482. The zero-order valence-electron chi connectivity index (χ0n) is 14.6. The van der Waals surface area contributed by atoms with Crippen molar-refractivity contribution in [2.75, 3.05) is 6.67 Å². The monoisotopic (exact) mass is 428 g/mol. The number of carbonyl (C=O) groups excluding carboxylic acids is 2. The van der Waals surface area contributed by atoms with Crippen molar-refractivity contribution in [3.05, 3.63) is 53.9 Å². The lowest BCUT2D eigenvalue weighted by Crippen LogP contribution is -2.43. The summed E-state index contributed by atoms with van der Waals surface area (Å²) in [5.74, 6) is -0.779. The van der Waals surface area contributed by atoms with E-state index in [2.05, 4.69) is 15.6 Å². The molecular weight excluding hydrogens is 410 g/mol. The van der Waals surface area contributed by atoms with Gasteiger partial charge >= 0.3 is 6.03 Å². The van der Waals surface area contributed by atoms with Crippen LogP contribution in [0, 0.1) is 0 Å². The normalized spacial score (nSPS) is 13.0. The number of carbonyl (C=O) groups is 2. The Morgan fingerprint density at radius 3 is 2.29 bits per heavy atom. The van der Waals surface area contributed by atoms with Crippen molar-refractivity contribution in [1.82, 2.24) is 15.6 Å². The summed E-state index contributed by atoms with van der Waals surface area (Å²) in [5, 5.41) is 15.0. The molecule has 28 heavy (non-hydrogen) atoms. The molecule has 2 unspecified atom stereocenters. The average Bonchev–Trinajstić information content (AvgIpc) is 2.70. The number of aromatic nitrogens is 1. The van der Waals surface area contributed by atoms with Gasteiger partial charge in [-0.3, -0.25) is 9.78 Å². The highest BCUT2D eigenvalue weighted by Gasteiger charge is 2.25. The molecule has 150 valence electrons. The topological polar surface area (TPSA) is 117 Å². The van der Waals surface area contributed by atoms with Gasteiger partial charge in [-0.25, -0.2) is 9.18 Å². The summed E-state index contributed by atoms with van der Waals surface area (Å²) in [6.07, 6.45) is 0.366. The highest BCUT2D eigenvalue weighted by atomic mass is 35.5. The van der Waals surface area contributed by atoms with Gasteiger partial charge in [0.25, 0.3) is 5.91 Å². The molecule has 10 heteroatoms. The van der Waals surface area contributed by atoms with Crippen LogP contribution in [0.15, 0.2) is 42.6 Å². The number of alkyl halides is 3. The standard InChI is InChI=1S/C18H19Cl2FN4O3/c19-16(20)17(27)25-14(7-21)15(26)11-3-1-10(2-4-11)12-5-6-13(23-8-12)9-24-18(22)28/h1-6,8,14-16,26H,7,9H2,(H,25,27)(H3,22,24,28). The van der Waals surface area contributed by atoms with Crippen molar-refractivity contribution >= 4 is 35.1 Å². The van der Waals surface area contributed by atoms with Gasteiger partial charge < -0.3 is 21.5 Å². The predicted molar refractivity (Wildman–Crippen MR) is 104 cm³/mol. The number of pyridine rings is 1. The Morgan fingerprint density at radius 2 is 1.79 bits per heavy atom. The molecule has 0 radical (unpaired) electrons. The van der Waals surface area contributed by atoms with E-state index in [4.69, 9.17) is 28.9 Å². The molecule has 0 fully saturated rings. The van der Waals surface area contributed by atoms with Crippen LogP contribution in [-0.4, -0.2) is 39.6 Å². The molecule has 7 nitrogen and oxygen atoms in total. The zero-order chi connectivity index (χ0) is 20.7. The summed E-state index contributed by atoms with van der Waals surface area (Å²) in [7, 11) is 0. The minimum absolute atomic E-state index is 0.225. The van der Waals surface area contributed by atoms with Crippen molar-refractivity contribution < 1.29 is 19.1 Å². The number of benzene rings is 1. The van der Waals surface area contributed by atoms with Crippen LogP contribution in [0.5, 0.6) is 0 Å². The lowest BCUT2D eigenvalue weighted by molar-refractivity contribution is -0.121. The molecular formula is C18H19Cl2FN4O3. The van der Waals surface area contributed by atoms with E-state index < -0.39 is 35.6 Å². The number of hydrogen-bond donors (Lipinski definition) is 4. The van der Waals surface area contributed by atoms with Crippen LogP contribution < -0.4 is 16.4 Å². The van der Waals surface area contributed by atoms with Crippen molar-refractivity contribution in [3.63, 3.8) is 0 Å². The average molecular weight is 429 g/mol. The van der Waals surface area contributed by atoms with Crippen LogP contribution in [0.4, 0.5) is 9.18 Å². The first kappa shape index (κ1) is 21.9. The lowest BCUT2D eigenvalue weighted by Gasteiger charge is -2.22. The molecule has 1 heterocycles. The van der Waals surface area contributed by atoms with Crippen LogP contribution in [0.2, 0.25) is 0 Å². The number of hydrogen-bond acceptors (Lipinski definition) is 4. The number of rotatable bonds is 8. The van der Waals surface area contributed by atoms with Gasteiger partial charge in [-0.2, -0.15) is 0 Å². The van der Waals surface area contributed by atoms with Gasteiger partial charge in [0.15, 0.2) is 4.84 Å². The van der Waals surface area contributed by atoms with Gasteiger partial charge in [-0.05, 0) is 17.2 Å². The number of aliphatic hydroxyl groups is 1. The second kappa shape index (κ2) is 10.2. The van der Waals surface area contributed by atoms with Gasteiger partial charge in [0.1, 0.15) is 12.8 Å². The molecule has 0 aliphatic carbocycles. The minimum Gasteiger partial charge on any atom is -0.386 e. The maximum Gasteiger partial charge on any atom is 0.312 e. The molecule has 1 aromatic carbocycles. The van der Waals surface area contributed by atoms with Crippen LogP contribution in [0.3, 0.4) is 0 Å². The Bertz CT molecular complexity index is 803. The SMILES string of the molecule is NC(=O)NCc1ccc(-c2ccc(C(O)C(CF)NC(=O)C(Cl)Cl)cc2)cn1. The molecule has 5 N–H and O–H groups in total. The molecule has 0 saturated carbocycles. The van der Waals surface area contributed by atoms with E-state index >= 15 is 0 Å². The van der Waals surface area contributed by atoms with Crippen LogP contribution in [0.25, 0.3) is 11.1 Å². The van der Waals surface area contributed by atoms with E-state index in [0.717, 1.165) is 11.1 Å². The van der Waals surface area contributed by atoms with E-state index in [-0.39, 0.29) is 6.54 Å². The number of amides is 3. The third-order valence-electron chi connectivity index (χ3n) is 3.93. The Balaban J connectivity index is 2.07. The second-order valence-corrected chi connectivity index (χ2v) is 6.99. The number of primary amides is 1. The molecule has 3 amide bonds. The first-order valence-corrected chi connectivity index (χ1v) is 9.10. The van der Waals surface area contributed by atoms with Crippen molar-refractivity contribution in [3.8, 4) is 11.1 Å². The predicted octanol–water partition coefficient (Wildman–Crippen LogP) is 2.21. The molecule has 0 spiro atoms. The Kier molecular flexibility index (Phi) is 7.98. The van der Waals surface area contributed by atoms with Gasteiger partial charge in [0.2, 0.25) is 0 Å². The van der Waals surface area contributed by atoms with Gasteiger partial charge in [0.05, 0.1) is 18.3 Å². The number of nitrogens with zero attached hydrogens (tertiary/aromatic N) is 1. The van der Waals surface area contributed by atoms with Crippen molar-refractivity contribution in [2.24, 2.45) is 5.73 Å². The zero-order valence-corrected chi connectivity index (χ0v) is 16.1. The summed E-state index contributed by atoms with van der Waals surface area (Å²) in [6, 6.07) is 8.48. The third kappa shape index (κ3) is 6.05. The molecule has 2 atom stereocenters. The van der Waals surface area contributed by atoms with Crippen molar-refractivity contribution in [1.29, 1.82) is 0 Å². The maximum absolute atomic E-state index is 13.2.